The van der Waals surface area contributed by atoms with E-state index in [0.717, 1.165) is 36.6 Å². The summed E-state index contributed by atoms with van der Waals surface area (Å²) in [6.45, 7) is 5.06. The van der Waals surface area contributed by atoms with Crippen LogP contribution in [0.2, 0.25) is 0 Å². The third kappa shape index (κ3) is 4.54. The second kappa shape index (κ2) is 7.16. The predicted octanol–water partition coefficient (Wildman–Crippen LogP) is 2.48. The van der Waals surface area contributed by atoms with Crippen LogP contribution >= 0.6 is 12.2 Å². The standard InChI is InChI=1S/C16H24N2OS/c1-2-9-18(10-12-3-4-12)11-15(19)13-5-7-14(8-6-13)16(17)20/h5-8,12,15,19H,2-4,9-11H2,1H3,(H2,17,20). The molecule has 3 N–H and O–H groups in total. The molecule has 0 aromatic heterocycles. The smallest absolute Gasteiger partial charge is 0.103 e. The minimum atomic E-state index is -0.444. The number of aliphatic hydroxyl groups excluding tert-OH is 1. The van der Waals surface area contributed by atoms with E-state index in [-0.39, 0.29) is 0 Å². The lowest BCUT2D eigenvalue weighted by Crippen LogP contribution is -2.31. The molecule has 1 aromatic rings. The van der Waals surface area contributed by atoms with E-state index in [2.05, 4.69) is 11.8 Å². The fraction of sp³-hybridized carbons (Fsp3) is 0.562. The lowest BCUT2D eigenvalue weighted by Gasteiger charge is -2.24. The highest BCUT2D eigenvalue weighted by Gasteiger charge is 2.25. The maximum absolute atomic E-state index is 10.4. The van der Waals surface area contributed by atoms with E-state index in [9.17, 15) is 5.11 Å². The number of hydrogen-bond donors (Lipinski definition) is 2. The van der Waals surface area contributed by atoms with Crippen molar-refractivity contribution >= 4 is 17.2 Å². The van der Waals surface area contributed by atoms with E-state index in [1.165, 1.54) is 12.8 Å². The van der Waals surface area contributed by atoms with Gasteiger partial charge in [-0.15, -0.1) is 0 Å². The number of nitrogens with zero attached hydrogens (tertiary/aromatic N) is 1. The highest BCUT2D eigenvalue weighted by molar-refractivity contribution is 7.80. The van der Waals surface area contributed by atoms with Gasteiger partial charge in [0.15, 0.2) is 0 Å². The van der Waals surface area contributed by atoms with E-state index < -0.39 is 6.10 Å². The van der Waals surface area contributed by atoms with Crippen LogP contribution in [-0.4, -0.2) is 34.6 Å². The Morgan fingerprint density at radius 3 is 2.55 bits per heavy atom. The highest BCUT2D eigenvalue weighted by atomic mass is 32.1. The minimum Gasteiger partial charge on any atom is -0.389 e. The first kappa shape index (κ1) is 15.4. The summed E-state index contributed by atoms with van der Waals surface area (Å²) in [5, 5.41) is 10.4. The van der Waals surface area contributed by atoms with Gasteiger partial charge in [0.2, 0.25) is 0 Å². The zero-order valence-electron chi connectivity index (χ0n) is 12.1. The molecule has 1 unspecified atom stereocenters. The first-order valence-corrected chi connectivity index (χ1v) is 7.81. The third-order valence-electron chi connectivity index (χ3n) is 3.76. The number of nitrogens with two attached hydrogens (primary N) is 1. The Labute approximate surface area is 126 Å². The zero-order chi connectivity index (χ0) is 14.5. The molecule has 1 aromatic carbocycles. The van der Waals surface area contributed by atoms with Gasteiger partial charge in [-0.1, -0.05) is 43.4 Å². The van der Waals surface area contributed by atoms with Crippen molar-refractivity contribution < 1.29 is 5.11 Å². The van der Waals surface area contributed by atoms with Crippen LogP contribution in [0, 0.1) is 5.92 Å². The van der Waals surface area contributed by atoms with Crippen LogP contribution in [0.25, 0.3) is 0 Å². The second-order valence-electron chi connectivity index (χ2n) is 5.71. The molecular formula is C16H24N2OS. The molecule has 0 aliphatic heterocycles. The second-order valence-corrected chi connectivity index (χ2v) is 6.14. The van der Waals surface area contributed by atoms with Crippen molar-refractivity contribution in [1.82, 2.24) is 4.90 Å². The molecule has 1 aliphatic rings. The van der Waals surface area contributed by atoms with Crippen LogP contribution in [0.15, 0.2) is 24.3 Å². The summed E-state index contributed by atoms with van der Waals surface area (Å²) in [6.07, 6.45) is 3.37. The Hall–Kier alpha value is -0.970. The number of thiocarbonyl (C=S) groups is 1. The number of hydrogen-bond acceptors (Lipinski definition) is 3. The topological polar surface area (TPSA) is 49.5 Å². The molecule has 20 heavy (non-hydrogen) atoms. The molecule has 0 radical (unpaired) electrons. The Morgan fingerprint density at radius 1 is 1.40 bits per heavy atom. The summed E-state index contributed by atoms with van der Waals surface area (Å²) in [6, 6.07) is 7.60. The van der Waals surface area contributed by atoms with Gasteiger partial charge in [0.1, 0.15) is 4.99 Å². The molecule has 1 atom stereocenters. The third-order valence-corrected chi connectivity index (χ3v) is 4.00. The van der Waals surface area contributed by atoms with Crippen molar-refractivity contribution in [2.75, 3.05) is 19.6 Å². The molecular weight excluding hydrogens is 268 g/mol. The molecule has 4 heteroatoms. The SMILES string of the molecule is CCCN(CC1CC1)CC(O)c1ccc(C(N)=S)cc1. The molecule has 0 bridgehead atoms. The molecule has 3 nitrogen and oxygen atoms in total. The van der Waals surface area contributed by atoms with Crippen LogP contribution in [0.3, 0.4) is 0 Å². The average Bonchev–Trinajstić information content (AvgIpc) is 3.23. The van der Waals surface area contributed by atoms with Crippen LogP contribution < -0.4 is 5.73 Å². The quantitative estimate of drug-likeness (QED) is 0.723. The van der Waals surface area contributed by atoms with Gasteiger partial charge in [-0.3, -0.25) is 0 Å². The van der Waals surface area contributed by atoms with E-state index in [1.807, 2.05) is 24.3 Å². The first-order valence-electron chi connectivity index (χ1n) is 7.40. The Balaban J connectivity index is 1.94. The number of rotatable bonds is 8. The van der Waals surface area contributed by atoms with Gasteiger partial charge in [-0.25, -0.2) is 0 Å². The molecule has 0 heterocycles. The van der Waals surface area contributed by atoms with Gasteiger partial charge in [-0.05, 0) is 37.3 Å². The van der Waals surface area contributed by atoms with Gasteiger partial charge < -0.3 is 15.7 Å². The zero-order valence-corrected chi connectivity index (χ0v) is 12.9. The molecule has 0 amide bonds. The maximum Gasteiger partial charge on any atom is 0.103 e. The predicted molar refractivity (Wildman–Crippen MR) is 86.7 cm³/mol. The van der Waals surface area contributed by atoms with Crippen LogP contribution in [0.1, 0.15) is 43.4 Å². The van der Waals surface area contributed by atoms with Crippen molar-refractivity contribution in [3.05, 3.63) is 35.4 Å². The number of benzene rings is 1. The fourth-order valence-corrected chi connectivity index (χ4v) is 2.59. The fourth-order valence-electron chi connectivity index (χ4n) is 2.46. The van der Waals surface area contributed by atoms with E-state index in [0.29, 0.717) is 11.5 Å². The monoisotopic (exact) mass is 292 g/mol. The molecule has 0 saturated heterocycles. The van der Waals surface area contributed by atoms with Gasteiger partial charge in [0.25, 0.3) is 0 Å². The maximum atomic E-state index is 10.4. The first-order chi connectivity index (χ1) is 9.60. The lowest BCUT2D eigenvalue weighted by molar-refractivity contribution is 0.110. The van der Waals surface area contributed by atoms with Crippen LogP contribution in [-0.2, 0) is 0 Å². The molecule has 1 saturated carbocycles. The van der Waals surface area contributed by atoms with E-state index >= 15 is 0 Å². The molecule has 110 valence electrons. The van der Waals surface area contributed by atoms with Gasteiger partial charge in [0.05, 0.1) is 6.10 Å². The summed E-state index contributed by atoms with van der Waals surface area (Å²) in [5.74, 6) is 0.853. The summed E-state index contributed by atoms with van der Waals surface area (Å²) >= 11 is 4.94. The molecule has 2 rings (SSSR count). The van der Waals surface area contributed by atoms with Crippen molar-refractivity contribution in [3.8, 4) is 0 Å². The molecule has 1 aliphatic carbocycles. The summed E-state index contributed by atoms with van der Waals surface area (Å²) in [7, 11) is 0. The molecule has 0 spiro atoms. The molecule has 1 fully saturated rings. The van der Waals surface area contributed by atoms with Gasteiger partial charge in [-0.2, -0.15) is 0 Å². The Morgan fingerprint density at radius 2 is 2.05 bits per heavy atom. The Bertz CT molecular complexity index is 442. The summed E-state index contributed by atoms with van der Waals surface area (Å²) in [5.41, 5.74) is 7.36. The highest BCUT2D eigenvalue weighted by Crippen LogP contribution is 2.30. The largest absolute Gasteiger partial charge is 0.389 e. The van der Waals surface area contributed by atoms with E-state index in [4.69, 9.17) is 18.0 Å². The van der Waals surface area contributed by atoms with Gasteiger partial charge in [0, 0.05) is 18.7 Å². The lowest BCUT2D eigenvalue weighted by atomic mass is 10.1. The number of aliphatic hydroxyl groups is 1. The van der Waals surface area contributed by atoms with Crippen molar-refractivity contribution in [2.24, 2.45) is 11.7 Å². The normalized spacial score (nSPS) is 16.4. The minimum absolute atomic E-state index is 0.396. The van der Waals surface area contributed by atoms with E-state index in [1.54, 1.807) is 0 Å². The van der Waals surface area contributed by atoms with Crippen molar-refractivity contribution in [2.45, 2.75) is 32.3 Å². The van der Waals surface area contributed by atoms with Crippen molar-refractivity contribution in [3.63, 3.8) is 0 Å². The van der Waals surface area contributed by atoms with Crippen LogP contribution in [0.5, 0.6) is 0 Å². The average molecular weight is 292 g/mol. The summed E-state index contributed by atoms with van der Waals surface area (Å²) in [4.78, 5) is 2.77. The van der Waals surface area contributed by atoms with Crippen LogP contribution in [0.4, 0.5) is 0 Å². The summed E-state index contributed by atoms with van der Waals surface area (Å²) < 4.78 is 0. The van der Waals surface area contributed by atoms with Gasteiger partial charge >= 0.3 is 0 Å². The Kier molecular flexibility index (Phi) is 5.52. The van der Waals surface area contributed by atoms with Crippen molar-refractivity contribution in [1.29, 1.82) is 0 Å².